The number of carbonyl (C=O) groups excluding carboxylic acids is 1. The zero-order valence-electron chi connectivity index (χ0n) is 18.6. The average Bonchev–Trinajstić information content (AvgIpc) is 3.34. The number of fused-ring (bicyclic) bond motifs is 2. The Morgan fingerprint density at radius 3 is 2.77 bits per heavy atom. The van der Waals surface area contributed by atoms with E-state index in [2.05, 4.69) is 28.7 Å². The first kappa shape index (κ1) is 23.7. The van der Waals surface area contributed by atoms with Crippen LogP contribution in [0.4, 0.5) is 24.0 Å². The first-order valence-electron chi connectivity index (χ1n) is 11.2. The van der Waals surface area contributed by atoms with Crippen molar-refractivity contribution in [2.24, 2.45) is 5.92 Å². The monoisotopic (exact) mass is 519 g/mol. The molecule has 2 aliphatic rings. The normalized spacial score (nSPS) is 21.4. The number of halogens is 4. The van der Waals surface area contributed by atoms with Crippen LogP contribution in [-0.2, 0) is 12.8 Å². The Morgan fingerprint density at radius 1 is 1.34 bits per heavy atom. The number of thiophene rings is 1. The fraction of sp³-hybridized carbons (Fsp3) is 0.375. The van der Waals surface area contributed by atoms with E-state index in [9.17, 15) is 23.2 Å². The van der Waals surface area contributed by atoms with Crippen molar-refractivity contribution in [3.63, 3.8) is 0 Å². The second-order valence-electron chi connectivity index (χ2n) is 8.98. The van der Waals surface area contributed by atoms with Crippen LogP contribution >= 0.6 is 22.9 Å². The number of hydrogen-bond acceptors (Lipinski definition) is 5. The first-order chi connectivity index (χ1) is 16.7. The van der Waals surface area contributed by atoms with Crippen LogP contribution < -0.4 is 10.6 Å². The number of nitrogens with zero attached hydrogens (tertiary/aromatic N) is 3. The van der Waals surface area contributed by atoms with E-state index in [-0.39, 0.29) is 23.0 Å². The summed E-state index contributed by atoms with van der Waals surface area (Å²) >= 11 is 7.76. The van der Waals surface area contributed by atoms with Crippen molar-refractivity contribution in [2.75, 3.05) is 10.6 Å². The first-order valence-corrected chi connectivity index (χ1v) is 12.4. The fourth-order valence-electron chi connectivity index (χ4n) is 4.76. The number of amides is 1. The third-order valence-corrected chi connectivity index (χ3v) is 8.09. The zero-order chi connectivity index (χ0) is 24.9. The van der Waals surface area contributed by atoms with E-state index < -0.39 is 24.2 Å². The predicted molar refractivity (Wildman–Crippen MR) is 128 cm³/mol. The van der Waals surface area contributed by atoms with Crippen molar-refractivity contribution < 1.29 is 18.0 Å². The quantitative estimate of drug-likeness (QED) is 0.413. The van der Waals surface area contributed by atoms with Gasteiger partial charge in [-0.3, -0.25) is 4.79 Å². The molecule has 0 saturated heterocycles. The van der Waals surface area contributed by atoms with Crippen molar-refractivity contribution in [3.05, 3.63) is 62.6 Å². The van der Waals surface area contributed by atoms with Crippen LogP contribution in [0.15, 0.2) is 30.3 Å². The number of nitriles is 1. The molecule has 0 fully saturated rings. The number of hydrogen-bond donors (Lipinski definition) is 2. The van der Waals surface area contributed by atoms with Crippen LogP contribution in [0.2, 0.25) is 5.02 Å². The standard InChI is InChI=1S/C24H21ClF3N5OS/c1-12-7-8-14-15(11-29)23(35-17(14)9-12)31-22(34)20-19(25)21-30-16(13-5-3-2-4-6-13)10-18(24(26,27)28)33(21)32-20/h2-6,12,16,18,30H,7-10H2,1H3,(H,31,34)/t12-,16-,18+/m0/s1. The average molecular weight is 520 g/mol. The van der Waals surface area contributed by atoms with E-state index >= 15 is 0 Å². The van der Waals surface area contributed by atoms with Crippen LogP contribution in [-0.4, -0.2) is 21.9 Å². The number of carbonyl (C=O) groups is 1. The smallest absolute Gasteiger partial charge is 0.362 e. The molecule has 6 nitrogen and oxygen atoms in total. The Labute approximate surface area is 208 Å². The molecule has 3 aromatic rings. The van der Waals surface area contributed by atoms with Gasteiger partial charge in [-0.2, -0.15) is 23.5 Å². The topological polar surface area (TPSA) is 82.7 Å². The summed E-state index contributed by atoms with van der Waals surface area (Å²) < 4.78 is 42.7. The molecule has 5 rings (SSSR count). The van der Waals surface area contributed by atoms with Gasteiger partial charge in [-0.25, -0.2) is 4.68 Å². The van der Waals surface area contributed by atoms with Crippen molar-refractivity contribution in [1.29, 1.82) is 5.26 Å². The van der Waals surface area contributed by atoms with Gasteiger partial charge in [0, 0.05) is 11.3 Å². The molecule has 0 saturated carbocycles. The molecule has 3 atom stereocenters. The second kappa shape index (κ2) is 8.88. The van der Waals surface area contributed by atoms with Crippen LogP contribution in [0.3, 0.4) is 0 Å². The molecule has 0 unspecified atom stereocenters. The Bertz CT molecular complexity index is 1330. The van der Waals surface area contributed by atoms with Gasteiger partial charge in [-0.05, 0) is 36.3 Å². The van der Waals surface area contributed by atoms with Gasteiger partial charge in [0.2, 0.25) is 0 Å². The Hall–Kier alpha value is -3.03. The molecule has 0 radical (unpaired) electrons. The van der Waals surface area contributed by atoms with Crippen LogP contribution in [0.5, 0.6) is 0 Å². The van der Waals surface area contributed by atoms with Gasteiger partial charge < -0.3 is 10.6 Å². The second-order valence-corrected chi connectivity index (χ2v) is 10.5. The zero-order valence-corrected chi connectivity index (χ0v) is 20.2. The minimum Gasteiger partial charge on any atom is -0.362 e. The number of aromatic nitrogens is 2. The molecular formula is C24H21ClF3N5OS. The highest BCUT2D eigenvalue weighted by molar-refractivity contribution is 7.16. The van der Waals surface area contributed by atoms with E-state index in [1.54, 1.807) is 30.3 Å². The van der Waals surface area contributed by atoms with Gasteiger partial charge in [0.1, 0.15) is 21.9 Å². The molecule has 1 aromatic carbocycles. The molecular weight excluding hydrogens is 499 g/mol. The van der Waals surface area contributed by atoms with Crippen molar-refractivity contribution in [1.82, 2.24) is 9.78 Å². The number of alkyl halides is 3. The van der Waals surface area contributed by atoms with E-state index in [4.69, 9.17) is 11.6 Å². The van der Waals surface area contributed by atoms with Gasteiger partial charge in [0.25, 0.3) is 5.91 Å². The SMILES string of the molecule is C[C@H]1CCc2c(sc(NC(=O)c3nn4c(c3Cl)N[C@H](c3ccccc3)C[C@@H]4C(F)(F)F)c2C#N)C1. The third kappa shape index (κ3) is 4.28. The molecule has 11 heteroatoms. The van der Waals surface area contributed by atoms with Gasteiger partial charge in [-0.1, -0.05) is 48.9 Å². The molecule has 3 heterocycles. The molecule has 1 aliphatic heterocycles. The number of anilines is 2. The van der Waals surface area contributed by atoms with Crippen LogP contribution in [0.1, 0.15) is 63.9 Å². The molecule has 0 bridgehead atoms. The lowest BCUT2D eigenvalue weighted by atomic mass is 9.89. The Morgan fingerprint density at radius 2 is 2.09 bits per heavy atom. The maximum Gasteiger partial charge on any atom is 0.410 e. The molecule has 35 heavy (non-hydrogen) atoms. The summed E-state index contributed by atoms with van der Waals surface area (Å²) in [7, 11) is 0. The predicted octanol–water partition coefficient (Wildman–Crippen LogP) is 6.51. The van der Waals surface area contributed by atoms with Crippen molar-refractivity contribution in [3.8, 4) is 6.07 Å². The van der Waals surface area contributed by atoms with Crippen LogP contribution in [0, 0.1) is 17.2 Å². The van der Waals surface area contributed by atoms with Crippen molar-refractivity contribution in [2.45, 2.75) is 50.9 Å². The summed E-state index contributed by atoms with van der Waals surface area (Å²) in [4.78, 5) is 14.2. The third-order valence-electron chi connectivity index (χ3n) is 6.56. The summed E-state index contributed by atoms with van der Waals surface area (Å²) in [5.41, 5.74) is 1.69. The fourth-order valence-corrected chi connectivity index (χ4v) is 6.38. The van der Waals surface area contributed by atoms with E-state index in [1.165, 1.54) is 11.3 Å². The van der Waals surface area contributed by atoms with Crippen molar-refractivity contribution >= 4 is 39.7 Å². The molecule has 2 N–H and O–H groups in total. The van der Waals surface area contributed by atoms with Gasteiger partial charge in [0.05, 0.1) is 11.6 Å². The van der Waals surface area contributed by atoms with Crippen LogP contribution in [0.25, 0.3) is 0 Å². The van der Waals surface area contributed by atoms with Gasteiger partial charge in [0.15, 0.2) is 11.7 Å². The maximum atomic E-state index is 14.0. The lowest BCUT2D eigenvalue weighted by molar-refractivity contribution is -0.173. The van der Waals surface area contributed by atoms with E-state index in [1.807, 2.05) is 0 Å². The summed E-state index contributed by atoms with van der Waals surface area (Å²) in [6, 6.07) is 8.32. The van der Waals surface area contributed by atoms with Gasteiger partial charge in [-0.15, -0.1) is 11.3 Å². The highest BCUT2D eigenvalue weighted by Gasteiger charge is 2.48. The maximum absolute atomic E-state index is 14.0. The number of rotatable bonds is 3. The summed E-state index contributed by atoms with van der Waals surface area (Å²) in [5.74, 6) is -0.327. The van der Waals surface area contributed by atoms with Gasteiger partial charge >= 0.3 is 6.18 Å². The highest BCUT2D eigenvalue weighted by atomic mass is 35.5. The minimum absolute atomic E-state index is 0.0564. The lowest BCUT2D eigenvalue weighted by Crippen LogP contribution is -2.35. The lowest BCUT2D eigenvalue weighted by Gasteiger charge is -2.33. The largest absolute Gasteiger partial charge is 0.410 e. The summed E-state index contributed by atoms with van der Waals surface area (Å²) in [6.45, 7) is 2.13. The molecule has 1 amide bonds. The molecule has 182 valence electrons. The summed E-state index contributed by atoms with van der Waals surface area (Å²) in [5, 5.41) is 19.6. The van der Waals surface area contributed by atoms with E-state index in [0.717, 1.165) is 34.4 Å². The Balaban J connectivity index is 1.49. The number of benzene rings is 1. The molecule has 2 aromatic heterocycles. The van der Waals surface area contributed by atoms with E-state index in [0.29, 0.717) is 22.0 Å². The number of nitrogens with one attached hydrogen (secondary N) is 2. The molecule has 1 aliphatic carbocycles. The summed E-state index contributed by atoms with van der Waals surface area (Å²) in [6.07, 6.45) is -2.36. The minimum atomic E-state index is -4.59. The Kier molecular flexibility index (Phi) is 6.01. The highest BCUT2D eigenvalue weighted by Crippen LogP contribution is 2.46. The molecule has 0 spiro atoms.